The Balaban J connectivity index is 1.46. The third-order valence-electron chi connectivity index (χ3n) is 4.23. The highest BCUT2D eigenvalue weighted by Gasteiger charge is 2.28. The number of benzene rings is 2. The largest absolute Gasteiger partial charge is 0.335 e. The van der Waals surface area contributed by atoms with Crippen molar-refractivity contribution in [1.29, 1.82) is 0 Å². The number of nitrogens with one attached hydrogen (secondary N) is 2. The van der Waals surface area contributed by atoms with Crippen LogP contribution in [-0.4, -0.2) is 22.1 Å². The van der Waals surface area contributed by atoms with Gasteiger partial charge in [0.25, 0.3) is 0 Å². The summed E-state index contributed by atoms with van der Waals surface area (Å²) in [5.41, 5.74) is 3.85. The number of carbonyl (C=O) groups is 1. The van der Waals surface area contributed by atoms with Gasteiger partial charge in [-0.25, -0.2) is 14.2 Å². The lowest BCUT2D eigenvalue weighted by Crippen LogP contribution is -2.33. The molecule has 7 heteroatoms. The Kier molecular flexibility index (Phi) is 4.01. The van der Waals surface area contributed by atoms with E-state index in [4.69, 9.17) is 0 Å². The van der Waals surface area contributed by atoms with E-state index >= 15 is 0 Å². The molecule has 2 heterocycles. The number of hydrogen-bond donors (Lipinski definition) is 2. The second-order valence-corrected chi connectivity index (χ2v) is 6.61. The molecular weight excluding hydrogens is 387 g/mol. The van der Waals surface area contributed by atoms with Crippen LogP contribution in [0.2, 0.25) is 0 Å². The molecule has 1 aliphatic rings. The number of amides is 2. The summed E-state index contributed by atoms with van der Waals surface area (Å²) in [5, 5.41) is 5.58. The van der Waals surface area contributed by atoms with Gasteiger partial charge in [-0.05, 0) is 39.7 Å². The Morgan fingerprint density at radius 3 is 2.96 bits per heavy atom. The molecule has 2 N–H and O–H groups in total. The second kappa shape index (κ2) is 6.33. The molecule has 0 spiro atoms. The first kappa shape index (κ1) is 15.8. The van der Waals surface area contributed by atoms with E-state index in [9.17, 15) is 9.18 Å². The zero-order chi connectivity index (χ0) is 17.4. The maximum atomic E-state index is 13.3. The van der Waals surface area contributed by atoms with Crippen LogP contribution in [0.5, 0.6) is 0 Å². The molecule has 1 unspecified atom stereocenters. The average Bonchev–Trinajstić information content (AvgIpc) is 3.18. The predicted molar refractivity (Wildman–Crippen MR) is 96.9 cm³/mol. The van der Waals surface area contributed by atoms with Gasteiger partial charge in [-0.15, -0.1) is 0 Å². The molecule has 0 bridgehead atoms. The number of anilines is 1. The summed E-state index contributed by atoms with van der Waals surface area (Å²) >= 11 is 3.10. The SMILES string of the molecule is O=C(NCC1c2ccccc2-c2cncn21)Nc1ccc(F)c(Br)c1. The molecule has 0 aliphatic carbocycles. The first-order valence-electron chi connectivity index (χ1n) is 7.74. The Hall–Kier alpha value is -2.67. The van der Waals surface area contributed by atoms with Crippen molar-refractivity contribution in [3.05, 3.63) is 70.8 Å². The van der Waals surface area contributed by atoms with Crippen molar-refractivity contribution < 1.29 is 9.18 Å². The number of fused-ring (bicyclic) bond motifs is 3. The van der Waals surface area contributed by atoms with E-state index in [0.29, 0.717) is 16.7 Å². The quantitative estimate of drug-likeness (QED) is 0.692. The minimum absolute atomic E-state index is 0.000552. The molecule has 0 radical (unpaired) electrons. The minimum atomic E-state index is -0.374. The highest BCUT2D eigenvalue weighted by molar-refractivity contribution is 9.10. The molecule has 0 saturated carbocycles. The molecule has 126 valence electrons. The molecule has 1 atom stereocenters. The Bertz CT molecular complexity index is 956. The smallest absolute Gasteiger partial charge is 0.319 e. The second-order valence-electron chi connectivity index (χ2n) is 5.75. The van der Waals surface area contributed by atoms with Gasteiger partial charge in [0, 0.05) is 17.8 Å². The van der Waals surface area contributed by atoms with Crippen LogP contribution in [0.4, 0.5) is 14.9 Å². The molecule has 1 aliphatic heterocycles. The fourth-order valence-corrected chi connectivity index (χ4v) is 3.46. The van der Waals surface area contributed by atoms with Crippen molar-refractivity contribution in [2.45, 2.75) is 6.04 Å². The van der Waals surface area contributed by atoms with Crippen LogP contribution in [0.3, 0.4) is 0 Å². The van der Waals surface area contributed by atoms with E-state index in [-0.39, 0.29) is 17.9 Å². The van der Waals surface area contributed by atoms with Crippen molar-refractivity contribution in [3.63, 3.8) is 0 Å². The first-order valence-corrected chi connectivity index (χ1v) is 8.54. The van der Waals surface area contributed by atoms with Gasteiger partial charge >= 0.3 is 6.03 Å². The van der Waals surface area contributed by atoms with E-state index < -0.39 is 0 Å². The minimum Gasteiger partial charge on any atom is -0.335 e. The van der Waals surface area contributed by atoms with Crippen LogP contribution in [0, 0.1) is 5.82 Å². The van der Waals surface area contributed by atoms with Gasteiger partial charge in [0.05, 0.1) is 28.7 Å². The summed E-state index contributed by atoms with van der Waals surface area (Å²) in [6.45, 7) is 0.425. The van der Waals surface area contributed by atoms with E-state index in [1.165, 1.54) is 18.2 Å². The molecular formula is C18H14BrFN4O. The topological polar surface area (TPSA) is 59.0 Å². The van der Waals surface area contributed by atoms with Gasteiger partial charge in [-0.3, -0.25) is 0 Å². The number of imidazole rings is 1. The van der Waals surface area contributed by atoms with E-state index in [1.54, 1.807) is 6.33 Å². The highest BCUT2D eigenvalue weighted by atomic mass is 79.9. The maximum Gasteiger partial charge on any atom is 0.319 e. The third kappa shape index (κ3) is 2.91. The van der Waals surface area contributed by atoms with E-state index in [1.807, 2.05) is 18.3 Å². The number of rotatable bonds is 3. The summed E-state index contributed by atoms with van der Waals surface area (Å²) in [7, 11) is 0. The van der Waals surface area contributed by atoms with Crippen molar-refractivity contribution in [3.8, 4) is 11.3 Å². The normalized spacial score (nSPS) is 14.7. The summed E-state index contributed by atoms with van der Waals surface area (Å²) < 4.78 is 15.6. The third-order valence-corrected chi connectivity index (χ3v) is 4.84. The summed E-state index contributed by atoms with van der Waals surface area (Å²) in [5.74, 6) is -0.374. The van der Waals surface area contributed by atoms with Crippen molar-refractivity contribution >= 4 is 27.6 Å². The molecule has 5 nitrogen and oxygen atoms in total. The van der Waals surface area contributed by atoms with Crippen LogP contribution in [-0.2, 0) is 0 Å². The zero-order valence-corrected chi connectivity index (χ0v) is 14.6. The fraction of sp³-hybridized carbons (Fsp3) is 0.111. The molecule has 0 saturated heterocycles. The predicted octanol–water partition coefficient (Wildman–Crippen LogP) is 4.18. The summed E-state index contributed by atoms with van der Waals surface area (Å²) in [6, 6.07) is 12.1. The van der Waals surface area contributed by atoms with E-state index in [0.717, 1.165) is 16.8 Å². The zero-order valence-electron chi connectivity index (χ0n) is 13.0. The number of hydrogen-bond acceptors (Lipinski definition) is 2. The molecule has 0 fully saturated rings. The van der Waals surface area contributed by atoms with Crippen LogP contribution in [0.1, 0.15) is 11.6 Å². The number of urea groups is 1. The Morgan fingerprint density at radius 2 is 2.12 bits per heavy atom. The van der Waals surface area contributed by atoms with E-state index in [2.05, 4.69) is 48.2 Å². The molecule has 4 rings (SSSR count). The van der Waals surface area contributed by atoms with Crippen molar-refractivity contribution in [1.82, 2.24) is 14.9 Å². The fourth-order valence-electron chi connectivity index (χ4n) is 3.08. The Labute approximate surface area is 152 Å². The molecule has 2 amide bonds. The standard InChI is InChI=1S/C18H14BrFN4O/c19-14-7-11(5-6-15(14)20)23-18(25)22-9-17-13-4-2-1-3-12(13)16-8-21-10-24(16)17/h1-8,10,17H,9H2,(H2,22,23,25). The van der Waals surface area contributed by atoms with Crippen LogP contribution >= 0.6 is 15.9 Å². The van der Waals surface area contributed by atoms with Crippen LogP contribution < -0.4 is 10.6 Å². The van der Waals surface area contributed by atoms with Gasteiger partial charge < -0.3 is 15.2 Å². The lowest BCUT2D eigenvalue weighted by molar-refractivity contribution is 0.251. The lowest BCUT2D eigenvalue weighted by atomic mass is 10.0. The number of carbonyl (C=O) groups excluding carboxylic acids is 1. The molecule has 2 aromatic carbocycles. The van der Waals surface area contributed by atoms with Gasteiger partial charge in [0.1, 0.15) is 5.82 Å². The van der Waals surface area contributed by atoms with Crippen molar-refractivity contribution in [2.24, 2.45) is 0 Å². The molecule has 1 aromatic heterocycles. The number of aromatic nitrogens is 2. The molecule has 25 heavy (non-hydrogen) atoms. The number of nitrogens with zero attached hydrogens (tertiary/aromatic N) is 2. The van der Waals surface area contributed by atoms with Crippen LogP contribution in [0.25, 0.3) is 11.3 Å². The molecule has 3 aromatic rings. The van der Waals surface area contributed by atoms with Gasteiger partial charge in [-0.2, -0.15) is 0 Å². The lowest BCUT2D eigenvalue weighted by Gasteiger charge is -2.16. The number of halogens is 2. The average molecular weight is 401 g/mol. The summed E-state index contributed by atoms with van der Waals surface area (Å²) in [6.07, 6.45) is 3.60. The highest BCUT2D eigenvalue weighted by Crippen LogP contribution is 2.38. The summed E-state index contributed by atoms with van der Waals surface area (Å²) in [4.78, 5) is 16.4. The van der Waals surface area contributed by atoms with Gasteiger partial charge in [0.2, 0.25) is 0 Å². The Morgan fingerprint density at radius 1 is 1.28 bits per heavy atom. The van der Waals surface area contributed by atoms with Crippen molar-refractivity contribution in [2.75, 3.05) is 11.9 Å². The van der Waals surface area contributed by atoms with Crippen LogP contribution in [0.15, 0.2) is 59.5 Å². The monoisotopic (exact) mass is 400 g/mol. The van der Waals surface area contributed by atoms with Gasteiger partial charge in [0.15, 0.2) is 0 Å². The maximum absolute atomic E-state index is 13.3. The first-order chi connectivity index (χ1) is 12.1. The van der Waals surface area contributed by atoms with Gasteiger partial charge in [-0.1, -0.05) is 24.3 Å².